The summed E-state index contributed by atoms with van der Waals surface area (Å²) in [6, 6.07) is 5.09. The topological polar surface area (TPSA) is 23.5 Å². The van der Waals surface area contributed by atoms with Crippen molar-refractivity contribution in [1.82, 2.24) is 4.90 Å². The smallest absolute Gasteiger partial charge is 0.129 e. The minimum Gasteiger partial charge on any atom is -0.386 e. The molecule has 1 atom stereocenters. The minimum atomic E-state index is -0.710. The van der Waals surface area contributed by atoms with Crippen molar-refractivity contribution >= 4 is 0 Å². The highest BCUT2D eigenvalue weighted by Gasteiger charge is 2.46. The van der Waals surface area contributed by atoms with Gasteiger partial charge in [0.15, 0.2) is 0 Å². The molecular weight excluding hydrogens is 265 g/mol. The molecule has 0 radical (unpaired) electrons. The fourth-order valence-corrected chi connectivity index (χ4v) is 4.25. The van der Waals surface area contributed by atoms with Crippen LogP contribution in [0.3, 0.4) is 0 Å². The third-order valence-electron chi connectivity index (χ3n) is 5.41. The molecule has 1 aliphatic heterocycles. The van der Waals surface area contributed by atoms with Crippen molar-refractivity contribution in [2.45, 2.75) is 63.5 Å². The number of piperidine rings is 1. The van der Waals surface area contributed by atoms with Crippen LogP contribution in [0.25, 0.3) is 0 Å². The highest BCUT2D eigenvalue weighted by Crippen LogP contribution is 2.46. The van der Waals surface area contributed by atoms with Crippen molar-refractivity contribution < 1.29 is 9.50 Å². The largest absolute Gasteiger partial charge is 0.386 e. The lowest BCUT2D eigenvalue weighted by atomic mass is 9.82. The lowest BCUT2D eigenvalue weighted by Crippen LogP contribution is -2.53. The number of aliphatic hydroxyl groups is 1. The molecule has 2 aliphatic rings. The molecule has 0 aromatic heterocycles. The first-order valence-electron chi connectivity index (χ1n) is 8.33. The number of aliphatic hydroxyl groups excluding tert-OH is 1. The van der Waals surface area contributed by atoms with Gasteiger partial charge in [0.25, 0.3) is 0 Å². The van der Waals surface area contributed by atoms with Crippen LogP contribution in [0.2, 0.25) is 0 Å². The van der Waals surface area contributed by atoms with E-state index in [0.29, 0.717) is 5.56 Å². The summed E-state index contributed by atoms with van der Waals surface area (Å²) in [5.74, 6) is -0.267. The predicted molar refractivity (Wildman–Crippen MR) is 82.7 cm³/mol. The van der Waals surface area contributed by atoms with Crippen molar-refractivity contribution in [1.29, 1.82) is 0 Å². The molecule has 1 aromatic rings. The van der Waals surface area contributed by atoms with Gasteiger partial charge in [0.2, 0.25) is 0 Å². The van der Waals surface area contributed by atoms with E-state index in [4.69, 9.17) is 0 Å². The van der Waals surface area contributed by atoms with Gasteiger partial charge in [0.1, 0.15) is 11.9 Å². The van der Waals surface area contributed by atoms with Crippen molar-refractivity contribution in [2.24, 2.45) is 0 Å². The standard InChI is InChI=1S/C18H26FNO/c1-14-7-8-16(19)15(13-14)17(21)18(9-3-4-10-18)20-11-5-2-6-12-20/h7-8,13,17,21H,2-6,9-12H2,1H3. The molecule has 0 amide bonds. The van der Waals surface area contributed by atoms with Gasteiger partial charge >= 0.3 is 0 Å². The molecule has 2 fully saturated rings. The maximum Gasteiger partial charge on any atom is 0.129 e. The third-order valence-corrected chi connectivity index (χ3v) is 5.41. The number of aryl methyl sites for hydroxylation is 1. The summed E-state index contributed by atoms with van der Waals surface area (Å²) < 4.78 is 14.2. The number of halogens is 1. The van der Waals surface area contributed by atoms with Crippen LogP contribution in [0.5, 0.6) is 0 Å². The van der Waals surface area contributed by atoms with Crippen molar-refractivity contribution in [3.05, 3.63) is 35.1 Å². The highest BCUT2D eigenvalue weighted by atomic mass is 19.1. The van der Waals surface area contributed by atoms with Crippen LogP contribution >= 0.6 is 0 Å². The summed E-state index contributed by atoms with van der Waals surface area (Å²) in [6.07, 6.45) is 7.22. The van der Waals surface area contributed by atoms with Crippen LogP contribution in [0.15, 0.2) is 18.2 Å². The molecule has 3 heteroatoms. The zero-order chi connectivity index (χ0) is 14.9. The first kappa shape index (κ1) is 15.0. The van der Waals surface area contributed by atoms with Crippen molar-refractivity contribution in [2.75, 3.05) is 13.1 Å². The molecule has 1 saturated carbocycles. The van der Waals surface area contributed by atoms with Crippen molar-refractivity contribution in [3.63, 3.8) is 0 Å². The van der Waals surface area contributed by atoms with Crippen molar-refractivity contribution in [3.8, 4) is 0 Å². The second kappa shape index (κ2) is 6.05. The number of rotatable bonds is 3. The van der Waals surface area contributed by atoms with E-state index in [1.54, 1.807) is 6.07 Å². The van der Waals surface area contributed by atoms with Gasteiger partial charge in [0, 0.05) is 5.56 Å². The zero-order valence-corrected chi connectivity index (χ0v) is 12.9. The first-order valence-corrected chi connectivity index (χ1v) is 8.33. The molecule has 3 rings (SSSR count). The van der Waals surface area contributed by atoms with Gasteiger partial charge in [-0.2, -0.15) is 0 Å². The van der Waals surface area contributed by atoms with E-state index in [-0.39, 0.29) is 11.4 Å². The number of hydrogen-bond donors (Lipinski definition) is 1. The van der Waals surface area contributed by atoms with Crippen LogP contribution < -0.4 is 0 Å². The molecule has 1 aromatic carbocycles. The normalized spacial score (nSPS) is 24.1. The quantitative estimate of drug-likeness (QED) is 0.911. The average molecular weight is 291 g/mol. The summed E-state index contributed by atoms with van der Waals surface area (Å²) in [7, 11) is 0. The molecule has 21 heavy (non-hydrogen) atoms. The van der Waals surface area contributed by atoms with E-state index < -0.39 is 6.10 Å². The molecule has 0 bridgehead atoms. The fraction of sp³-hybridized carbons (Fsp3) is 0.667. The fourth-order valence-electron chi connectivity index (χ4n) is 4.25. The minimum absolute atomic E-state index is 0.241. The number of likely N-dealkylation sites (tertiary alicyclic amines) is 1. The zero-order valence-electron chi connectivity index (χ0n) is 12.9. The number of benzene rings is 1. The number of nitrogens with zero attached hydrogens (tertiary/aromatic N) is 1. The van der Waals surface area contributed by atoms with Gasteiger partial charge in [-0.15, -0.1) is 0 Å². The Kier molecular flexibility index (Phi) is 4.32. The summed E-state index contributed by atoms with van der Waals surface area (Å²) in [6.45, 7) is 4.05. The van der Waals surface area contributed by atoms with Gasteiger partial charge in [-0.3, -0.25) is 4.90 Å². The summed E-state index contributed by atoms with van der Waals surface area (Å²) in [4.78, 5) is 2.45. The SMILES string of the molecule is Cc1ccc(F)c(C(O)C2(N3CCCCC3)CCCC2)c1. The Morgan fingerprint density at radius 1 is 1.10 bits per heavy atom. The second-order valence-corrected chi connectivity index (χ2v) is 6.79. The second-order valence-electron chi connectivity index (χ2n) is 6.79. The Hall–Kier alpha value is -0.930. The van der Waals surface area contributed by atoms with Crippen LogP contribution in [-0.4, -0.2) is 28.6 Å². The van der Waals surface area contributed by atoms with Gasteiger partial charge in [-0.1, -0.05) is 37.0 Å². The predicted octanol–water partition coefficient (Wildman–Crippen LogP) is 3.97. The molecule has 1 aliphatic carbocycles. The van der Waals surface area contributed by atoms with E-state index in [2.05, 4.69) is 4.90 Å². The Balaban J connectivity index is 1.94. The Morgan fingerprint density at radius 3 is 2.43 bits per heavy atom. The molecular formula is C18H26FNO. The molecule has 1 saturated heterocycles. The molecule has 1 heterocycles. The molecule has 1 unspecified atom stereocenters. The molecule has 2 nitrogen and oxygen atoms in total. The maximum absolute atomic E-state index is 14.2. The summed E-state index contributed by atoms with van der Waals surface area (Å²) in [5, 5.41) is 11.0. The maximum atomic E-state index is 14.2. The first-order chi connectivity index (χ1) is 10.1. The number of hydrogen-bond acceptors (Lipinski definition) is 2. The highest BCUT2D eigenvalue weighted by molar-refractivity contribution is 5.29. The average Bonchev–Trinajstić information content (AvgIpc) is 3.01. The van der Waals surface area contributed by atoms with E-state index >= 15 is 0 Å². The Labute approximate surface area is 127 Å². The molecule has 116 valence electrons. The third kappa shape index (κ3) is 2.74. The molecule has 1 N–H and O–H groups in total. The molecule has 0 spiro atoms. The Bertz CT molecular complexity index is 490. The Morgan fingerprint density at radius 2 is 1.76 bits per heavy atom. The van der Waals surface area contributed by atoms with E-state index in [9.17, 15) is 9.50 Å². The lowest BCUT2D eigenvalue weighted by molar-refractivity contribution is -0.0420. The monoisotopic (exact) mass is 291 g/mol. The summed E-state index contributed by atoms with van der Waals surface area (Å²) >= 11 is 0. The van der Waals surface area contributed by atoms with Gasteiger partial charge < -0.3 is 5.11 Å². The van der Waals surface area contributed by atoms with Crippen LogP contribution in [0, 0.1) is 12.7 Å². The van der Waals surface area contributed by atoms with E-state index in [1.807, 2.05) is 13.0 Å². The van der Waals surface area contributed by atoms with Crippen LogP contribution in [0.4, 0.5) is 4.39 Å². The van der Waals surface area contributed by atoms with Gasteiger partial charge in [0.05, 0.1) is 5.54 Å². The summed E-state index contributed by atoms with van der Waals surface area (Å²) in [5.41, 5.74) is 1.26. The van der Waals surface area contributed by atoms with E-state index in [0.717, 1.165) is 44.3 Å². The van der Waals surface area contributed by atoms with Crippen LogP contribution in [0.1, 0.15) is 62.2 Å². The van der Waals surface area contributed by atoms with Gasteiger partial charge in [-0.25, -0.2) is 4.39 Å². The van der Waals surface area contributed by atoms with E-state index in [1.165, 1.54) is 25.3 Å². The lowest BCUT2D eigenvalue weighted by Gasteiger charge is -2.46. The van der Waals surface area contributed by atoms with Gasteiger partial charge in [-0.05, 0) is 51.8 Å². The van der Waals surface area contributed by atoms with Crippen LogP contribution in [-0.2, 0) is 0 Å².